The van der Waals surface area contributed by atoms with Gasteiger partial charge in [0.2, 0.25) is 0 Å². The number of hydrogen-bond donors (Lipinski definition) is 6. The highest BCUT2D eigenvalue weighted by Gasteiger charge is 2.51. The van der Waals surface area contributed by atoms with E-state index < -0.39 is 75.7 Å². The van der Waals surface area contributed by atoms with Crippen molar-refractivity contribution in [2.24, 2.45) is 0 Å². The number of aliphatic hydroxyl groups is 5. The van der Waals surface area contributed by atoms with Crippen LogP contribution in [0.15, 0.2) is 48.6 Å². The number of carbonyl (C=O) groups excluding carboxylic acids is 2. The van der Waals surface area contributed by atoms with Crippen LogP contribution in [-0.2, 0) is 32.7 Å². The van der Waals surface area contributed by atoms with E-state index in [9.17, 15) is 44.6 Å². The highest BCUT2D eigenvalue weighted by atomic mass is 31.2. The first-order valence-electron chi connectivity index (χ1n) is 22.9. The van der Waals surface area contributed by atoms with Gasteiger partial charge in [0.15, 0.2) is 6.10 Å². The second kappa shape index (κ2) is 36.3. The Morgan fingerprint density at radius 1 is 0.517 bits per heavy atom. The average Bonchev–Trinajstić information content (AvgIpc) is 3.23. The Balaban J connectivity index is 2.49. The lowest BCUT2D eigenvalue weighted by Gasteiger charge is -2.41. The lowest BCUT2D eigenvalue weighted by Crippen LogP contribution is -2.64. The molecule has 14 heteroatoms. The second-order valence-corrected chi connectivity index (χ2v) is 17.3. The molecule has 1 aliphatic rings. The third-order valence-corrected chi connectivity index (χ3v) is 11.4. The molecule has 0 heterocycles. The zero-order valence-electron chi connectivity index (χ0n) is 36.7. The molecule has 0 amide bonds. The van der Waals surface area contributed by atoms with Gasteiger partial charge in [-0.25, -0.2) is 4.57 Å². The molecule has 0 aromatic carbocycles. The summed E-state index contributed by atoms with van der Waals surface area (Å²) in [7, 11) is -5.12. The molecule has 348 valence electrons. The standard InChI is InChI=1S/C46H81O13P/c1-3-5-7-9-11-13-15-17-18-19-20-21-22-23-25-27-29-31-33-35-40(48)58-38(36-56-39(47)34-32-30-28-26-24-16-14-12-10-8-6-4-2)37-57-60(54,55)59-46-44(52)42(50)41(49)43(51)45(46)53/h11,13,17-18,20-21,23,25,38,41-46,49-53H,3-10,12,14-16,19,22,24,26-37H2,1-2H3,(H,54,55)/b13-11-,18-17-,21-20-,25-23-/t38-,41?,42-,43?,44?,45?,46?/m1/s1. The van der Waals surface area contributed by atoms with E-state index in [4.69, 9.17) is 18.5 Å². The molecule has 8 atom stereocenters. The van der Waals surface area contributed by atoms with E-state index in [0.29, 0.717) is 12.8 Å². The first-order valence-corrected chi connectivity index (χ1v) is 24.4. The summed E-state index contributed by atoms with van der Waals surface area (Å²) in [6.45, 7) is 3.23. The maximum Gasteiger partial charge on any atom is 0.472 e. The van der Waals surface area contributed by atoms with Crippen molar-refractivity contribution in [2.45, 2.75) is 217 Å². The minimum atomic E-state index is -5.12. The molecule has 6 unspecified atom stereocenters. The van der Waals surface area contributed by atoms with E-state index >= 15 is 0 Å². The van der Waals surface area contributed by atoms with Crippen molar-refractivity contribution in [3.63, 3.8) is 0 Å². The van der Waals surface area contributed by atoms with Crippen molar-refractivity contribution >= 4 is 19.8 Å². The maximum atomic E-state index is 12.8. The van der Waals surface area contributed by atoms with Crippen LogP contribution in [0.25, 0.3) is 0 Å². The minimum absolute atomic E-state index is 0.0593. The van der Waals surface area contributed by atoms with Gasteiger partial charge in [-0.1, -0.05) is 152 Å². The lowest BCUT2D eigenvalue weighted by atomic mass is 9.85. The van der Waals surface area contributed by atoms with Crippen molar-refractivity contribution in [2.75, 3.05) is 13.2 Å². The maximum absolute atomic E-state index is 12.8. The van der Waals surface area contributed by atoms with Crippen LogP contribution < -0.4 is 0 Å². The van der Waals surface area contributed by atoms with Gasteiger partial charge in [-0.3, -0.25) is 18.6 Å². The fourth-order valence-electron chi connectivity index (χ4n) is 6.68. The molecule has 1 aliphatic carbocycles. The normalized spacial score (nSPS) is 22.6. The molecule has 1 fully saturated rings. The summed E-state index contributed by atoms with van der Waals surface area (Å²) >= 11 is 0. The second-order valence-electron chi connectivity index (χ2n) is 15.9. The Hall–Kier alpha value is -2.19. The first-order chi connectivity index (χ1) is 28.9. The topological polar surface area (TPSA) is 210 Å². The monoisotopic (exact) mass is 873 g/mol. The number of phosphoric acid groups is 1. The van der Waals surface area contributed by atoms with Gasteiger partial charge in [-0.05, 0) is 57.8 Å². The van der Waals surface area contributed by atoms with Gasteiger partial charge in [0.25, 0.3) is 0 Å². The number of aliphatic hydroxyl groups excluding tert-OH is 5. The zero-order chi connectivity index (χ0) is 44.3. The van der Waals surface area contributed by atoms with Crippen molar-refractivity contribution in [1.82, 2.24) is 0 Å². The third kappa shape index (κ3) is 28.4. The summed E-state index contributed by atoms with van der Waals surface area (Å²) in [4.78, 5) is 35.6. The summed E-state index contributed by atoms with van der Waals surface area (Å²) in [6.07, 6.45) is 28.8. The molecule has 0 spiro atoms. The Morgan fingerprint density at radius 3 is 1.40 bits per heavy atom. The number of ether oxygens (including phenoxy) is 2. The van der Waals surface area contributed by atoms with Crippen LogP contribution in [0.1, 0.15) is 174 Å². The number of phosphoric ester groups is 1. The molecular weight excluding hydrogens is 791 g/mol. The quantitative estimate of drug-likeness (QED) is 0.0149. The summed E-state index contributed by atoms with van der Waals surface area (Å²) in [5.41, 5.74) is 0. The Bertz CT molecular complexity index is 1240. The molecule has 13 nitrogen and oxygen atoms in total. The Labute approximate surface area is 360 Å². The first kappa shape index (κ1) is 55.8. The molecule has 1 rings (SSSR count). The van der Waals surface area contributed by atoms with Gasteiger partial charge in [-0.2, -0.15) is 0 Å². The molecule has 0 radical (unpaired) electrons. The van der Waals surface area contributed by atoms with Gasteiger partial charge in [0.1, 0.15) is 43.2 Å². The van der Waals surface area contributed by atoms with Crippen molar-refractivity contribution in [1.29, 1.82) is 0 Å². The Kier molecular flexibility index (Phi) is 33.8. The molecule has 0 bridgehead atoms. The summed E-state index contributed by atoms with van der Waals surface area (Å²) in [5.74, 6) is -1.14. The van der Waals surface area contributed by atoms with Crippen LogP contribution >= 0.6 is 7.82 Å². The van der Waals surface area contributed by atoms with Crippen LogP contribution in [-0.4, -0.2) is 98.3 Å². The highest BCUT2D eigenvalue weighted by Crippen LogP contribution is 2.47. The number of esters is 2. The van der Waals surface area contributed by atoms with Crippen LogP contribution in [0.3, 0.4) is 0 Å². The molecule has 0 aliphatic heterocycles. The van der Waals surface area contributed by atoms with Crippen molar-refractivity contribution < 1.29 is 63.1 Å². The van der Waals surface area contributed by atoms with Crippen LogP contribution in [0.2, 0.25) is 0 Å². The minimum Gasteiger partial charge on any atom is -0.462 e. The predicted octanol–water partition coefficient (Wildman–Crippen LogP) is 8.78. The largest absolute Gasteiger partial charge is 0.472 e. The number of allylic oxidation sites excluding steroid dienone is 8. The molecule has 6 N–H and O–H groups in total. The number of carbonyl (C=O) groups is 2. The summed E-state index contributed by atoms with van der Waals surface area (Å²) < 4.78 is 33.5. The van der Waals surface area contributed by atoms with Gasteiger partial charge in [-0.15, -0.1) is 0 Å². The molecule has 0 aromatic rings. The van der Waals surface area contributed by atoms with Gasteiger partial charge in [0.05, 0.1) is 6.61 Å². The Morgan fingerprint density at radius 2 is 0.900 bits per heavy atom. The SMILES string of the molecule is CCCCC/C=C\C/C=C\C/C=C\C/C=C\CCCCCC(=O)O[C@H](COC(=O)CCCCCCCCCCCCCC)COP(=O)(O)OC1C(O)C(O)C(O)[C@@H](O)C1O. The fourth-order valence-corrected chi connectivity index (χ4v) is 7.65. The third-order valence-electron chi connectivity index (χ3n) is 10.4. The van der Waals surface area contributed by atoms with Gasteiger partial charge < -0.3 is 39.9 Å². The van der Waals surface area contributed by atoms with Crippen LogP contribution in [0, 0.1) is 0 Å². The van der Waals surface area contributed by atoms with E-state index in [-0.39, 0.29) is 12.8 Å². The fraction of sp³-hybridized carbons (Fsp3) is 0.783. The number of rotatable bonds is 37. The van der Waals surface area contributed by atoms with E-state index in [1.54, 1.807) is 0 Å². The van der Waals surface area contributed by atoms with Gasteiger partial charge >= 0.3 is 19.8 Å². The number of unbranched alkanes of at least 4 members (excludes halogenated alkanes) is 17. The van der Waals surface area contributed by atoms with Crippen molar-refractivity contribution in [3.8, 4) is 0 Å². The average molecular weight is 873 g/mol. The predicted molar refractivity (Wildman–Crippen MR) is 235 cm³/mol. The molecule has 60 heavy (non-hydrogen) atoms. The highest BCUT2D eigenvalue weighted by molar-refractivity contribution is 7.47. The summed E-state index contributed by atoms with van der Waals surface area (Å²) in [5, 5.41) is 50.1. The van der Waals surface area contributed by atoms with Gasteiger partial charge in [0, 0.05) is 12.8 Å². The van der Waals surface area contributed by atoms with Crippen molar-refractivity contribution in [3.05, 3.63) is 48.6 Å². The molecule has 0 aromatic heterocycles. The van der Waals surface area contributed by atoms with E-state index in [1.165, 1.54) is 70.6 Å². The number of hydrogen-bond acceptors (Lipinski definition) is 12. The zero-order valence-corrected chi connectivity index (χ0v) is 37.6. The van der Waals surface area contributed by atoms with E-state index in [1.807, 2.05) is 0 Å². The smallest absolute Gasteiger partial charge is 0.462 e. The molecule has 1 saturated carbocycles. The van der Waals surface area contributed by atoms with Crippen LogP contribution in [0.4, 0.5) is 0 Å². The van der Waals surface area contributed by atoms with E-state index in [0.717, 1.165) is 64.2 Å². The van der Waals surface area contributed by atoms with E-state index in [2.05, 4.69) is 62.5 Å². The van der Waals surface area contributed by atoms with Crippen LogP contribution in [0.5, 0.6) is 0 Å². The molecule has 0 saturated heterocycles. The molecular formula is C46H81O13P. The lowest BCUT2D eigenvalue weighted by molar-refractivity contribution is -0.220. The summed E-state index contributed by atoms with van der Waals surface area (Å²) in [6, 6.07) is 0.